The van der Waals surface area contributed by atoms with Crippen molar-refractivity contribution in [3.05, 3.63) is 0 Å². The minimum absolute atomic E-state index is 0.101. The Hall–Kier alpha value is -1.94. The van der Waals surface area contributed by atoms with Crippen molar-refractivity contribution in [1.82, 2.24) is 0 Å². The Morgan fingerprint density at radius 1 is 0.333 bits per heavy atom. The van der Waals surface area contributed by atoms with Crippen molar-refractivity contribution < 1.29 is 80.2 Å². The summed E-state index contributed by atoms with van der Waals surface area (Å²) in [4.78, 5) is 72.2. The number of ether oxygens (including phenoxy) is 4. The summed E-state index contributed by atoms with van der Waals surface area (Å²) in [5.41, 5.74) is 0. The third kappa shape index (κ3) is 61.3. The van der Waals surface area contributed by atoms with Gasteiger partial charge in [-0.15, -0.1) is 0 Å². The molecule has 0 radical (unpaired) electrons. The van der Waals surface area contributed by atoms with Crippen LogP contribution in [0.25, 0.3) is 0 Å². The van der Waals surface area contributed by atoms with Crippen molar-refractivity contribution in [3.8, 4) is 0 Å². The first-order chi connectivity index (χ1) is 41.8. The number of aliphatic hydroxyl groups is 1. The average Bonchev–Trinajstić information content (AvgIpc) is 3.68. The molecule has 0 aliphatic carbocycles. The van der Waals surface area contributed by atoms with Gasteiger partial charge in [0, 0.05) is 25.7 Å². The molecule has 19 heteroatoms. The number of phosphoric acid groups is 2. The standard InChI is InChI=1S/C68H132O17P2/c1-8-10-11-12-25-35-42-49-65(70)78-55-64(85-68(73)52-45-38-31-30-33-40-47-60(5)6)58-83-87(76,77)81-54-62(69)53-80-86(74,75)82-57-63(56-79-66(71)50-43-36-28-24-23-27-34-41-48-61(7)9-2)84-67(72)51-44-37-29-22-20-18-16-14-13-15-17-19-21-26-32-39-46-59(3)4/h59-64,69H,8-58H2,1-7H3,(H,74,75)(H,76,77)/t61?,62-,63-,64-/m1/s1. The zero-order valence-electron chi connectivity index (χ0n) is 56.5. The molecule has 0 spiro atoms. The molecule has 0 amide bonds. The molecule has 0 aromatic carbocycles. The molecule has 0 saturated carbocycles. The van der Waals surface area contributed by atoms with Gasteiger partial charge in [-0.1, -0.05) is 286 Å². The summed E-state index contributed by atoms with van der Waals surface area (Å²) in [6.45, 7) is 11.7. The van der Waals surface area contributed by atoms with Crippen LogP contribution in [0.3, 0.4) is 0 Å². The van der Waals surface area contributed by atoms with E-state index in [0.29, 0.717) is 31.6 Å². The highest BCUT2D eigenvalue weighted by atomic mass is 31.2. The number of unbranched alkanes of at least 4 members (excludes halogenated alkanes) is 33. The molecular formula is C68H132O17P2. The number of aliphatic hydroxyl groups excluding tert-OH is 1. The average molecular weight is 1280 g/mol. The molecule has 0 saturated heterocycles. The van der Waals surface area contributed by atoms with Crippen LogP contribution in [0, 0.1) is 17.8 Å². The van der Waals surface area contributed by atoms with Crippen molar-refractivity contribution in [1.29, 1.82) is 0 Å². The fourth-order valence-corrected chi connectivity index (χ4v) is 11.7. The lowest BCUT2D eigenvalue weighted by Crippen LogP contribution is -2.30. The van der Waals surface area contributed by atoms with E-state index >= 15 is 0 Å². The van der Waals surface area contributed by atoms with Crippen molar-refractivity contribution in [2.24, 2.45) is 17.8 Å². The summed E-state index contributed by atoms with van der Waals surface area (Å²) >= 11 is 0. The highest BCUT2D eigenvalue weighted by molar-refractivity contribution is 7.47. The molecule has 0 aromatic heterocycles. The van der Waals surface area contributed by atoms with E-state index in [9.17, 15) is 43.2 Å². The van der Waals surface area contributed by atoms with E-state index < -0.39 is 97.5 Å². The number of carbonyl (C=O) groups excluding carboxylic acids is 4. The van der Waals surface area contributed by atoms with Crippen LogP contribution >= 0.6 is 15.6 Å². The number of hydrogen-bond donors (Lipinski definition) is 3. The lowest BCUT2D eigenvalue weighted by Gasteiger charge is -2.21. The molecule has 0 fully saturated rings. The van der Waals surface area contributed by atoms with E-state index in [1.165, 1.54) is 135 Å². The van der Waals surface area contributed by atoms with E-state index in [0.717, 1.165) is 115 Å². The first kappa shape index (κ1) is 85.1. The van der Waals surface area contributed by atoms with Crippen LogP contribution < -0.4 is 0 Å². The number of hydrogen-bond acceptors (Lipinski definition) is 15. The lowest BCUT2D eigenvalue weighted by atomic mass is 9.99. The third-order valence-corrected chi connectivity index (χ3v) is 17.9. The molecule has 87 heavy (non-hydrogen) atoms. The number of rotatable bonds is 66. The maximum atomic E-state index is 13.0. The Kier molecular flexibility index (Phi) is 57.8. The first-order valence-corrected chi connectivity index (χ1v) is 38.4. The summed E-state index contributed by atoms with van der Waals surface area (Å²) in [7, 11) is -9.89. The fraction of sp³-hybridized carbons (Fsp3) is 0.941. The van der Waals surface area contributed by atoms with E-state index in [2.05, 4.69) is 48.5 Å². The quantitative estimate of drug-likeness (QED) is 0.0222. The molecule has 17 nitrogen and oxygen atoms in total. The largest absolute Gasteiger partial charge is 0.472 e. The van der Waals surface area contributed by atoms with Crippen LogP contribution in [0.15, 0.2) is 0 Å². The second-order valence-electron chi connectivity index (χ2n) is 25.8. The summed E-state index contributed by atoms with van der Waals surface area (Å²) in [5.74, 6) is 0.118. The molecule has 516 valence electrons. The Bertz CT molecular complexity index is 1720. The van der Waals surface area contributed by atoms with Crippen molar-refractivity contribution in [2.45, 2.75) is 356 Å². The Labute approximate surface area is 530 Å². The molecule has 3 unspecified atom stereocenters. The Morgan fingerprint density at radius 3 is 0.874 bits per heavy atom. The molecule has 0 rings (SSSR count). The maximum Gasteiger partial charge on any atom is 0.472 e. The van der Waals surface area contributed by atoms with Crippen LogP contribution in [0.4, 0.5) is 0 Å². The van der Waals surface area contributed by atoms with Crippen LogP contribution in [0.5, 0.6) is 0 Å². The van der Waals surface area contributed by atoms with Crippen LogP contribution in [0.2, 0.25) is 0 Å². The van der Waals surface area contributed by atoms with Gasteiger partial charge in [0.2, 0.25) is 0 Å². The van der Waals surface area contributed by atoms with Gasteiger partial charge in [0.15, 0.2) is 12.2 Å². The number of carbonyl (C=O) groups is 4. The second kappa shape index (κ2) is 59.1. The minimum atomic E-state index is -4.95. The van der Waals surface area contributed by atoms with Crippen molar-refractivity contribution >= 4 is 39.5 Å². The van der Waals surface area contributed by atoms with Gasteiger partial charge >= 0.3 is 39.5 Å². The van der Waals surface area contributed by atoms with Gasteiger partial charge in [0.1, 0.15) is 19.3 Å². The molecule has 3 N–H and O–H groups in total. The fourth-order valence-electron chi connectivity index (χ4n) is 10.2. The van der Waals surface area contributed by atoms with Gasteiger partial charge in [0.25, 0.3) is 0 Å². The predicted molar refractivity (Wildman–Crippen MR) is 349 cm³/mol. The Balaban J connectivity index is 5.17. The van der Waals surface area contributed by atoms with E-state index in [1.54, 1.807) is 0 Å². The van der Waals surface area contributed by atoms with Gasteiger partial charge in [-0.05, 0) is 43.4 Å². The topological polar surface area (TPSA) is 237 Å². The normalized spacial score (nSPS) is 14.6. The SMILES string of the molecule is CCCCCCCCCC(=O)OC[C@H](COP(=O)(O)OC[C@H](O)COP(=O)(O)OC[C@@H](COC(=O)CCCCCCCCCCC(C)CC)OC(=O)CCCCCCCCCCCCCCCCCCC(C)C)OC(=O)CCCCCCCCC(C)C. The van der Waals surface area contributed by atoms with Crippen LogP contribution in [0.1, 0.15) is 337 Å². The first-order valence-electron chi connectivity index (χ1n) is 35.4. The molecule has 0 aromatic rings. The molecule has 0 aliphatic rings. The number of phosphoric ester groups is 2. The summed E-state index contributed by atoms with van der Waals surface area (Å²) in [6.07, 6.45) is 42.0. The monoisotopic (exact) mass is 1280 g/mol. The van der Waals surface area contributed by atoms with Gasteiger partial charge in [-0.3, -0.25) is 37.3 Å². The Morgan fingerprint density at radius 2 is 0.586 bits per heavy atom. The predicted octanol–water partition coefficient (Wildman–Crippen LogP) is 19.1. The van der Waals surface area contributed by atoms with E-state index in [1.807, 2.05) is 0 Å². The zero-order valence-corrected chi connectivity index (χ0v) is 58.3. The van der Waals surface area contributed by atoms with Crippen molar-refractivity contribution in [3.63, 3.8) is 0 Å². The summed E-state index contributed by atoms with van der Waals surface area (Å²) < 4.78 is 68.0. The van der Waals surface area contributed by atoms with Gasteiger partial charge in [-0.2, -0.15) is 0 Å². The van der Waals surface area contributed by atoms with Gasteiger partial charge < -0.3 is 33.8 Å². The molecule has 0 heterocycles. The molecule has 0 bridgehead atoms. The van der Waals surface area contributed by atoms with Crippen molar-refractivity contribution in [2.75, 3.05) is 39.6 Å². The highest BCUT2D eigenvalue weighted by Crippen LogP contribution is 2.45. The smallest absolute Gasteiger partial charge is 0.462 e. The highest BCUT2D eigenvalue weighted by Gasteiger charge is 2.30. The second-order valence-corrected chi connectivity index (χ2v) is 28.7. The maximum absolute atomic E-state index is 13.0. The van der Waals surface area contributed by atoms with Crippen LogP contribution in [-0.4, -0.2) is 96.7 Å². The lowest BCUT2D eigenvalue weighted by molar-refractivity contribution is -0.161. The van der Waals surface area contributed by atoms with E-state index in [4.69, 9.17) is 37.0 Å². The zero-order chi connectivity index (χ0) is 64.5. The summed E-state index contributed by atoms with van der Waals surface area (Å²) in [5, 5.41) is 10.5. The molecule has 6 atom stereocenters. The molecule has 0 aliphatic heterocycles. The third-order valence-electron chi connectivity index (χ3n) is 16.0. The minimum Gasteiger partial charge on any atom is -0.462 e. The van der Waals surface area contributed by atoms with Crippen LogP contribution in [-0.2, 0) is 65.4 Å². The van der Waals surface area contributed by atoms with Gasteiger partial charge in [0.05, 0.1) is 26.4 Å². The molecular weight excluding hydrogens is 1150 g/mol. The number of esters is 4. The van der Waals surface area contributed by atoms with Gasteiger partial charge in [-0.25, -0.2) is 9.13 Å². The van der Waals surface area contributed by atoms with E-state index in [-0.39, 0.29) is 25.7 Å². The summed E-state index contributed by atoms with van der Waals surface area (Å²) in [6, 6.07) is 0.